The molecule has 0 spiro atoms. The van der Waals surface area contributed by atoms with Gasteiger partial charge >= 0.3 is 0 Å². The molecule has 1 fully saturated rings. The van der Waals surface area contributed by atoms with E-state index in [1.165, 1.54) is 5.69 Å². The largest absolute Gasteiger partial charge is 0.369 e. The molecule has 14 heavy (non-hydrogen) atoms. The lowest BCUT2D eigenvalue weighted by Crippen LogP contribution is -2.40. The molecule has 0 radical (unpaired) electrons. The highest BCUT2D eigenvalue weighted by Gasteiger charge is 2.19. The van der Waals surface area contributed by atoms with Crippen LogP contribution in [0.4, 0.5) is 5.69 Å². The molecule has 2 N–H and O–H groups in total. The third-order valence-corrected chi connectivity index (χ3v) is 2.69. The van der Waals surface area contributed by atoms with Gasteiger partial charge in [-0.2, -0.15) is 0 Å². The molecule has 3 nitrogen and oxygen atoms in total. The summed E-state index contributed by atoms with van der Waals surface area (Å²) in [6.45, 7) is 2.00. The fourth-order valence-electron chi connectivity index (χ4n) is 1.92. The zero-order chi connectivity index (χ0) is 9.80. The van der Waals surface area contributed by atoms with Crippen LogP contribution in [0.25, 0.3) is 0 Å². The average molecular weight is 192 g/mol. The van der Waals surface area contributed by atoms with Crippen LogP contribution >= 0.6 is 0 Å². The summed E-state index contributed by atoms with van der Waals surface area (Å²) in [5.74, 6) is 5.22. The first-order chi connectivity index (χ1) is 6.90. The van der Waals surface area contributed by atoms with Gasteiger partial charge in [0, 0.05) is 18.8 Å². The number of rotatable bonds is 2. The van der Waals surface area contributed by atoms with Gasteiger partial charge in [-0.3, -0.25) is 4.84 Å². The topological polar surface area (TPSA) is 38.5 Å². The van der Waals surface area contributed by atoms with Gasteiger partial charge in [0.05, 0.1) is 6.10 Å². The summed E-state index contributed by atoms with van der Waals surface area (Å²) in [5, 5.41) is 0. The number of nitrogens with two attached hydrogens (primary N) is 1. The number of hydrogen-bond acceptors (Lipinski definition) is 3. The third kappa shape index (κ3) is 2.05. The van der Waals surface area contributed by atoms with Crippen LogP contribution in [0.5, 0.6) is 0 Å². The fraction of sp³-hybridized carbons (Fsp3) is 0.455. The van der Waals surface area contributed by atoms with E-state index in [1.807, 2.05) is 6.07 Å². The minimum absolute atomic E-state index is 0.184. The number of piperidine rings is 1. The summed E-state index contributed by atoms with van der Waals surface area (Å²) >= 11 is 0. The van der Waals surface area contributed by atoms with E-state index in [0.29, 0.717) is 0 Å². The van der Waals surface area contributed by atoms with Crippen molar-refractivity contribution in [3.63, 3.8) is 0 Å². The van der Waals surface area contributed by atoms with E-state index in [1.54, 1.807) is 0 Å². The van der Waals surface area contributed by atoms with Crippen LogP contribution in [0.15, 0.2) is 30.3 Å². The van der Waals surface area contributed by atoms with E-state index < -0.39 is 0 Å². The van der Waals surface area contributed by atoms with Gasteiger partial charge in [0.1, 0.15) is 0 Å². The Bertz CT molecular complexity index is 276. The molecule has 76 valence electrons. The van der Waals surface area contributed by atoms with Crippen LogP contribution in [0.2, 0.25) is 0 Å². The van der Waals surface area contributed by atoms with Crippen molar-refractivity contribution in [2.24, 2.45) is 5.90 Å². The molecule has 3 heteroatoms. The van der Waals surface area contributed by atoms with E-state index in [-0.39, 0.29) is 6.10 Å². The molecular formula is C11H16N2O. The molecule has 1 aliphatic rings. The Balaban J connectivity index is 2.04. The van der Waals surface area contributed by atoms with Crippen LogP contribution in [-0.2, 0) is 4.84 Å². The lowest BCUT2D eigenvalue weighted by atomic mass is 10.1. The highest BCUT2D eigenvalue weighted by atomic mass is 16.6. The van der Waals surface area contributed by atoms with E-state index in [2.05, 4.69) is 29.2 Å². The molecule has 0 aromatic heterocycles. The van der Waals surface area contributed by atoms with Crippen molar-refractivity contribution in [2.75, 3.05) is 18.0 Å². The van der Waals surface area contributed by atoms with Crippen molar-refractivity contribution in [2.45, 2.75) is 18.9 Å². The van der Waals surface area contributed by atoms with Crippen LogP contribution < -0.4 is 10.8 Å². The fourth-order valence-corrected chi connectivity index (χ4v) is 1.92. The molecular weight excluding hydrogens is 176 g/mol. The highest BCUT2D eigenvalue weighted by Crippen LogP contribution is 2.19. The van der Waals surface area contributed by atoms with Gasteiger partial charge in [-0.25, -0.2) is 5.90 Å². The molecule has 1 aromatic rings. The summed E-state index contributed by atoms with van der Waals surface area (Å²) in [5.41, 5.74) is 1.26. The third-order valence-electron chi connectivity index (χ3n) is 2.69. The van der Waals surface area contributed by atoms with Crippen LogP contribution in [0.1, 0.15) is 12.8 Å². The molecule has 1 aromatic carbocycles. The summed E-state index contributed by atoms with van der Waals surface area (Å²) in [7, 11) is 0. The Morgan fingerprint density at radius 3 is 2.79 bits per heavy atom. The molecule has 1 atom stereocenters. The van der Waals surface area contributed by atoms with Crippen molar-refractivity contribution in [3.8, 4) is 0 Å². The van der Waals surface area contributed by atoms with Gasteiger partial charge in [-0.05, 0) is 25.0 Å². The van der Waals surface area contributed by atoms with Gasteiger partial charge in [-0.15, -0.1) is 0 Å². The van der Waals surface area contributed by atoms with Gasteiger partial charge < -0.3 is 4.90 Å². The Morgan fingerprint density at radius 2 is 2.07 bits per heavy atom. The molecule has 0 saturated carbocycles. The number of nitrogens with zero attached hydrogens (tertiary/aromatic N) is 1. The Labute approximate surface area is 84.4 Å². The first-order valence-electron chi connectivity index (χ1n) is 5.05. The zero-order valence-electron chi connectivity index (χ0n) is 8.23. The van der Waals surface area contributed by atoms with Crippen LogP contribution in [-0.4, -0.2) is 19.2 Å². The predicted octanol–water partition coefficient (Wildman–Crippen LogP) is 1.55. The first-order valence-corrected chi connectivity index (χ1v) is 5.05. The van der Waals surface area contributed by atoms with Crippen LogP contribution in [0.3, 0.4) is 0 Å². The maximum Gasteiger partial charge on any atom is 0.0962 e. The van der Waals surface area contributed by atoms with Crippen molar-refractivity contribution in [3.05, 3.63) is 30.3 Å². The lowest BCUT2D eigenvalue weighted by Gasteiger charge is -2.33. The minimum atomic E-state index is 0.184. The second-order valence-electron chi connectivity index (χ2n) is 3.68. The van der Waals surface area contributed by atoms with E-state index in [4.69, 9.17) is 10.7 Å². The maximum atomic E-state index is 5.22. The van der Waals surface area contributed by atoms with Gasteiger partial charge in [0.15, 0.2) is 0 Å². The van der Waals surface area contributed by atoms with Crippen molar-refractivity contribution in [1.82, 2.24) is 0 Å². The summed E-state index contributed by atoms with van der Waals surface area (Å²) in [6.07, 6.45) is 2.40. The molecule has 1 aliphatic heterocycles. The Kier molecular flexibility index (Phi) is 3.01. The lowest BCUT2D eigenvalue weighted by molar-refractivity contribution is 0.0435. The predicted molar refractivity (Wildman–Crippen MR) is 56.9 cm³/mol. The Hall–Kier alpha value is -1.06. The molecule has 1 saturated heterocycles. The highest BCUT2D eigenvalue weighted by molar-refractivity contribution is 5.46. The Morgan fingerprint density at radius 1 is 1.29 bits per heavy atom. The quantitative estimate of drug-likeness (QED) is 0.722. The number of para-hydroxylation sites is 1. The van der Waals surface area contributed by atoms with Crippen LogP contribution in [0, 0.1) is 0 Å². The molecule has 1 unspecified atom stereocenters. The van der Waals surface area contributed by atoms with E-state index >= 15 is 0 Å². The van der Waals surface area contributed by atoms with Gasteiger partial charge in [0.25, 0.3) is 0 Å². The molecule has 1 heterocycles. The van der Waals surface area contributed by atoms with E-state index in [0.717, 1.165) is 25.9 Å². The van der Waals surface area contributed by atoms with E-state index in [9.17, 15) is 0 Å². The van der Waals surface area contributed by atoms with Crippen molar-refractivity contribution >= 4 is 5.69 Å². The van der Waals surface area contributed by atoms with Gasteiger partial charge in [0.2, 0.25) is 0 Å². The van der Waals surface area contributed by atoms with Crippen molar-refractivity contribution in [1.29, 1.82) is 0 Å². The molecule has 2 rings (SSSR count). The number of benzene rings is 1. The first kappa shape index (κ1) is 9.49. The number of anilines is 1. The van der Waals surface area contributed by atoms with Crippen molar-refractivity contribution < 1.29 is 4.84 Å². The standard InChI is InChI=1S/C11H16N2O/c12-14-11-7-4-8-13(9-11)10-5-2-1-3-6-10/h1-3,5-6,11H,4,7-9,12H2. The molecule has 0 amide bonds. The monoisotopic (exact) mass is 192 g/mol. The molecule has 0 bridgehead atoms. The van der Waals surface area contributed by atoms with Gasteiger partial charge in [-0.1, -0.05) is 18.2 Å². The minimum Gasteiger partial charge on any atom is -0.369 e. The SMILES string of the molecule is NOC1CCCN(c2ccccc2)C1. The average Bonchev–Trinajstić information content (AvgIpc) is 2.30. The summed E-state index contributed by atoms with van der Waals surface area (Å²) in [6, 6.07) is 10.4. The smallest absolute Gasteiger partial charge is 0.0962 e. The summed E-state index contributed by atoms with van der Waals surface area (Å²) < 4.78 is 0. The molecule has 0 aliphatic carbocycles. The zero-order valence-corrected chi connectivity index (χ0v) is 8.23. The second kappa shape index (κ2) is 4.44. The number of hydrogen-bond donors (Lipinski definition) is 1. The second-order valence-corrected chi connectivity index (χ2v) is 3.68. The maximum absolute atomic E-state index is 5.22. The summed E-state index contributed by atoms with van der Waals surface area (Å²) in [4.78, 5) is 7.22. The normalized spacial score (nSPS) is 22.4.